The maximum Gasteiger partial charge on any atom is 0.303 e. The summed E-state index contributed by atoms with van der Waals surface area (Å²) in [6, 6.07) is 4.06. The van der Waals surface area contributed by atoms with Gasteiger partial charge in [-0.25, -0.2) is 9.97 Å². The number of aromatic nitrogens is 3. The van der Waals surface area contributed by atoms with Crippen molar-refractivity contribution < 1.29 is 9.90 Å². The average Bonchev–Trinajstić information content (AvgIpc) is 2.66. The quantitative estimate of drug-likeness (QED) is 0.881. The molecule has 0 saturated carbocycles. The lowest BCUT2D eigenvalue weighted by Crippen LogP contribution is -2.08. The molecule has 0 aliphatic carbocycles. The Hall–Kier alpha value is -1.91. The van der Waals surface area contributed by atoms with Gasteiger partial charge in [-0.3, -0.25) is 4.79 Å². The summed E-state index contributed by atoms with van der Waals surface area (Å²) in [5.41, 5.74) is 1.74. The number of hydrogen-bond acceptors (Lipinski definition) is 3. The van der Waals surface area contributed by atoms with Crippen molar-refractivity contribution in [2.75, 3.05) is 0 Å². The van der Waals surface area contributed by atoms with Crippen LogP contribution in [-0.4, -0.2) is 25.6 Å². The summed E-state index contributed by atoms with van der Waals surface area (Å²) >= 11 is 0. The van der Waals surface area contributed by atoms with E-state index in [1.165, 1.54) is 0 Å². The first-order valence-electron chi connectivity index (χ1n) is 6.13. The van der Waals surface area contributed by atoms with E-state index in [0.717, 1.165) is 17.0 Å². The number of pyridine rings is 1. The molecule has 18 heavy (non-hydrogen) atoms. The van der Waals surface area contributed by atoms with Crippen LogP contribution < -0.4 is 0 Å². The van der Waals surface area contributed by atoms with Gasteiger partial charge in [0.25, 0.3) is 0 Å². The minimum absolute atomic E-state index is 0.175. The Balaban J connectivity index is 2.31. The van der Waals surface area contributed by atoms with Gasteiger partial charge in [-0.2, -0.15) is 0 Å². The Morgan fingerprint density at radius 2 is 2.28 bits per heavy atom. The van der Waals surface area contributed by atoms with Crippen LogP contribution in [0.3, 0.4) is 0 Å². The standard InChI is InChI=1S/C13H17N3O2/c1-9(2)16-11(6-3-7-12(17)18)15-10-5-4-8-14-13(10)16/h4-5,8-9H,3,6-7H2,1-2H3,(H,17,18). The zero-order valence-corrected chi connectivity index (χ0v) is 10.6. The highest BCUT2D eigenvalue weighted by Crippen LogP contribution is 2.20. The van der Waals surface area contributed by atoms with Gasteiger partial charge < -0.3 is 9.67 Å². The molecule has 0 spiro atoms. The van der Waals surface area contributed by atoms with Crippen LogP contribution in [0.5, 0.6) is 0 Å². The zero-order chi connectivity index (χ0) is 13.1. The van der Waals surface area contributed by atoms with Crippen molar-refractivity contribution in [1.82, 2.24) is 14.5 Å². The Labute approximate surface area is 105 Å². The van der Waals surface area contributed by atoms with Gasteiger partial charge in [0.15, 0.2) is 5.65 Å². The summed E-state index contributed by atoms with van der Waals surface area (Å²) in [6.07, 6.45) is 3.20. The molecule has 0 bridgehead atoms. The summed E-state index contributed by atoms with van der Waals surface area (Å²) in [4.78, 5) is 19.4. The number of carboxylic acid groups (broad SMARTS) is 1. The number of carboxylic acids is 1. The molecule has 0 aliphatic heterocycles. The molecule has 2 aromatic rings. The first-order chi connectivity index (χ1) is 8.59. The van der Waals surface area contributed by atoms with Gasteiger partial charge in [-0.05, 0) is 32.4 Å². The topological polar surface area (TPSA) is 68.0 Å². The van der Waals surface area contributed by atoms with Crippen LogP contribution in [0.1, 0.15) is 38.6 Å². The molecule has 0 fully saturated rings. The lowest BCUT2D eigenvalue weighted by molar-refractivity contribution is -0.137. The lowest BCUT2D eigenvalue weighted by atomic mass is 10.2. The number of carbonyl (C=O) groups is 1. The third-order valence-electron chi connectivity index (χ3n) is 2.83. The summed E-state index contributed by atoms with van der Waals surface area (Å²) < 4.78 is 2.08. The second-order valence-corrected chi connectivity index (χ2v) is 4.59. The Kier molecular flexibility index (Phi) is 3.60. The van der Waals surface area contributed by atoms with E-state index in [2.05, 4.69) is 28.4 Å². The minimum Gasteiger partial charge on any atom is -0.481 e. The van der Waals surface area contributed by atoms with E-state index in [0.29, 0.717) is 12.8 Å². The first-order valence-corrected chi connectivity index (χ1v) is 6.13. The molecular weight excluding hydrogens is 230 g/mol. The van der Waals surface area contributed by atoms with Gasteiger partial charge in [-0.15, -0.1) is 0 Å². The van der Waals surface area contributed by atoms with Gasteiger partial charge in [-0.1, -0.05) is 0 Å². The van der Waals surface area contributed by atoms with Gasteiger partial charge in [0.05, 0.1) is 0 Å². The largest absolute Gasteiger partial charge is 0.481 e. The van der Waals surface area contributed by atoms with Crippen LogP contribution in [0.4, 0.5) is 0 Å². The SMILES string of the molecule is CC(C)n1c(CCCC(=O)O)nc2cccnc21. The van der Waals surface area contributed by atoms with E-state index in [9.17, 15) is 4.79 Å². The summed E-state index contributed by atoms with van der Waals surface area (Å²) in [5.74, 6) is 0.153. The highest BCUT2D eigenvalue weighted by Gasteiger charge is 2.13. The molecule has 0 saturated heterocycles. The average molecular weight is 247 g/mol. The second kappa shape index (κ2) is 5.16. The Morgan fingerprint density at radius 3 is 2.94 bits per heavy atom. The molecule has 1 N–H and O–H groups in total. The van der Waals surface area contributed by atoms with E-state index < -0.39 is 5.97 Å². The maximum atomic E-state index is 10.5. The normalized spacial score (nSPS) is 11.3. The van der Waals surface area contributed by atoms with Crippen LogP contribution in [-0.2, 0) is 11.2 Å². The number of rotatable bonds is 5. The molecule has 2 heterocycles. The van der Waals surface area contributed by atoms with Crippen LogP contribution in [0.15, 0.2) is 18.3 Å². The van der Waals surface area contributed by atoms with E-state index in [4.69, 9.17) is 5.11 Å². The Bertz CT molecular complexity index is 560. The molecule has 2 aromatic heterocycles. The summed E-state index contributed by atoms with van der Waals surface area (Å²) in [6.45, 7) is 4.16. The third-order valence-corrected chi connectivity index (χ3v) is 2.83. The number of hydrogen-bond donors (Lipinski definition) is 1. The molecule has 96 valence electrons. The number of aryl methyl sites for hydroxylation is 1. The van der Waals surface area contributed by atoms with Crippen molar-refractivity contribution in [2.45, 2.75) is 39.2 Å². The number of aliphatic carboxylic acids is 1. The minimum atomic E-state index is -0.764. The number of nitrogens with zero attached hydrogens (tertiary/aromatic N) is 3. The zero-order valence-electron chi connectivity index (χ0n) is 10.6. The maximum absolute atomic E-state index is 10.5. The van der Waals surface area contributed by atoms with Crippen molar-refractivity contribution in [3.8, 4) is 0 Å². The van der Waals surface area contributed by atoms with Crippen molar-refractivity contribution in [3.05, 3.63) is 24.2 Å². The van der Waals surface area contributed by atoms with E-state index in [1.807, 2.05) is 12.1 Å². The van der Waals surface area contributed by atoms with Crippen LogP contribution >= 0.6 is 0 Å². The molecule has 0 aliphatic rings. The smallest absolute Gasteiger partial charge is 0.303 e. The molecule has 0 aromatic carbocycles. The molecule has 0 atom stereocenters. The summed E-state index contributed by atoms with van der Waals surface area (Å²) in [5, 5.41) is 8.67. The molecule has 5 heteroatoms. The van der Waals surface area contributed by atoms with Crippen molar-refractivity contribution in [3.63, 3.8) is 0 Å². The Morgan fingerprint density at radius 1 is 1.50 bits per heavy atom. The lowest BCUT2D eigenvalue weighted by Gasteiger charge is -2.11. The second-order valence-electron chi connectivity index (χ2n) is 4.59. The van der Waals surface area contributed by atoms with E-state index in [-0.39, 0.29) is 12.5 Å². The first kappa shape index (κ1) is 12.5. The van der Waals surface area contributed by atoms with E-state index >= 15 is 0 Å². The molecule has 0 amide bonds. The molecule has 2 rings (SSSR count). The van der Waals surface area contributed by atoms with Gasteiger partial charge in [0.1, 0.15) is 11.3 Å². The van der Waals surface area contributed by atoms with Gasteiger partial charge in [0, 0.05) is 25.1 Å². The number of fused-ring (bicyclic) bond motifs is 1. The fourth-order valence-electron chi connectivity index (χ4n) is 2.09. The van der Waals surface area contributed by atoms with Gasteiger partial charge in [0.2, 0.25) is 0 Å². The fraction of sp³-hybridized carbons (Fsp3) is 0.462. The molecule has 5 nitrogen and oxygen atoms in total. The van der Waals surface area contributed by atoms with E-state index in [1.54, 1.807) is 6.20 Å². The number of imidazole rings is 1. The molecule has 0 radical (unpaired) electrons. The van der Waals surface area contributed by atoms with Gasteiger partial charge >= 0.3 is 5.97 Å². The van der Waals surface area contributed by atoms with Crippen molar-refractivity contribution in [1.29, 1.82) is 0 Å². The van der Waals surface area contributed by atoms with Crippen LogP contribution in [0, 0.1) is 0 Å². The van der Waals surface area contributed by atoms with Crippen LogP contribution in [0.2, 0.25) is 0 Å². The fourth-order valence-corrected chi connectivity index (χ4v) is 2.09. The molecule has 0 unspecified atom stereocenters. The monoisotopic (exact) mass is 247 g/mol. The third kappa shape index (κ3) is 2.50. The highest BCUT2D eigenvalue weighted by molar-refractivity contribution is 5.71. The van der Waals surface area contributed by atoms with Crippen molar-refractivity contribution in [2.24, 2.45) is 0 Å². The predicted octanol–water partition coefficient (Wildman–Crippen LogP) is 2.42. The van der Waals surface area contributed by atoms with Crippen LogP contribution in [0.25, 0.3) is 11.2 Å². The van der Waals surface area contributed by atoms with Crippen molar-refractivity contribution >= 4 is 17.1 Å². The molecular formula is C13H17N3O2. The predicted molar refractivity (Wildman–Crippen MR) is 68.5 cm³/mol. The highest BCUT2D eigenvalue weighted by atomic mass is 16.4. The summed E-state index contributed by atoms with van der Waals surface area (Å²) in [7, 11) is 0.